The minimum Gasteiger partial charge on any atom is -0.493 e. The number of carbonyl (C=O) groups is 1. The first-order valence-corrected chi connectivity index (χ1v) is 7.37. The quantitative estimate of drug-likeness (QED) is 0.809. The normalized spacial score (nSPS) is 15.4. The molecule has 1 aliphatic carbocycles. The van der Waals surface area contributed by atoms with E-state index in [1.165, 1.54) is 0 Å². The number of carbonyl (C=O) groups excluding carboxylic acids is 1. The highest BCUT2D eigenvalue weighted by Gasteiger charge is 2.25. The molecule has 1 atom stereocenters. The van der Waals surface area contributed by atoms with Gasteiger partial charge in [-0.25, -0.2) is 0 Å². The lowest BCUT2D eigenvalue weighted by Gasteiger charge is -2.16. The summed E-state index contributed by atoms with van der Waals surface area (Å²) in [6.07, 6.45) is 2.17. The Balaban J connectivity index is 1.97. The highest BCUT2D eigenvalue weighted by molar-refractivity contribution is 6.33. The van der Waals surface area contributed by atoms with Crippen LogP contribution in [0.3, 0.4) is 0 Å². The molecule has 0 saturated heterocycles. The Kier molecular flexibility index (Phi) is 5.31. The number of rotatable bonds is 7. The summed E-state index contributed by atoms with van der Waals surface area (Å²) in [7, 11) is 3.11. The summed E-state index contributed by atoms with van der Waals surface area (Å²) >= 11 is 6.30. The molecule has 6 heteroatoms. The first kappa shape index (κ1) is 15.9. The molecule has 0 radical (unpaired) electrons. The Hall–Kier alpha value is -1.46. The molecule has 21 heavy (non-hydrogen) atoms. The summed E-state index contributed by atoms with van der Waals surface area (Å²) in [5.74, 6) is 1.12. The van der Waals surface area contributed by atoms with E-state index < -0.39 is 0 Å². The number of methoxy groups -OCH3 is 2. The van der Waals surface area contributed by atoms with Gasteiger partial charge in [0.25, 0.3) is 0 Å². The van der Waals surface area contributed by atoms with Gasteiger partial charge in [-0.15, -0.1) is 0 Å². The number of hydrogen-bond acceptors (Lipinski definition) is 4. The number of hydrogen-bond donors (Lipinski definition) is 2. The van der Waals surface area contributed by atoms with Crippen LogP contribution in [0, 0.1) is 0 Å². The summed E-state index contributed by atoms with van der Waals surface area (Å²) in [6.45, 7) is 2.32. The Morgan fingerprint density at radius 3 is 2.67 bits per heavy atom. The van der Waals surface area contributed by atoms with Gasteiger partial charge in [0, 0.05) is 12.6 Å². The zero-order valence-electron chi connectivity index (χ0n) is 12.5. The van der Waals surface area contributed by atoms with E-state index in [9.17, 15) is 4.79 Å². The lowest BCUT2D eigenvalue weighted by molar-refractivity contribution is -0.122. The number of ether oxygens (including phenoxy) is 2. The molecule has 0 aromatic heterocycles. The van der Waals surface area contributed by atoms with Gasteiger partial charge in [-0.1, -0.05) is 17.7 Å². The van der Waals surface area contributed by atoms with Crippen LogP contribution in [0.1, 0.15) is 25.3 Å². The molecule has 1 amide bonds. The van der Waals surface area contributed by atoms with Crippen molar-refractivity contribution < 1.29 is 14.3 Å². The number of halogens is 1. The molecule has 1 unspecified atom stereocenters. The van der Waals surface area contributed by atoms with Crippen molar-refractivity contribution in [2.75, 3.05) is 14.2 Å². The molecule has 2 N–H and O–H groups in total. The van der Waals surface area contributed by atoms with Crippen molar-refractivity contribution in [3.63, 3.8) is 0 Å². The maximum Gasteiger partial charge on any atom is 0.237 e. The largest absolute Gasteiger partial charge is 0.493 e. The number of benzene rings is 1. The van der Waals surface area contributed by atoms with Crippen molar-refractivity contribution in [1.29, 1.82) is 0 Å². The van der Waals surface area contributed by atoms with E-state index in [-0.39, 0.29) is 11.9 Å². The maximum atomic E-state index is 11.9. The Morgan fingerprint density at radius 2 is 2.10 bits per heavy atom. The van der Waals surface area contributed by atoms with Crippen LogP contribution in [0.4, 0.5) is 0 Å². The van der Waals surface area contributed by atoms with Crippen molar-refractivity contribution in [1.82, 2.24) is 10.6 Å². The predicted octanol–water partition coefficient (Wildman–Crippen LogP) is 2.11. The first-order chi connectivity index (χ1) is 10.1. The van der Waals surface area contributed by atoms with Crippen molar-refractivity contribution in [2.45, 2.75) is 38.4 Å². The molecule has 1 aromatic rings. The molecule has 0 spiro atoms. The van der Waals surface area contributed by atoms with E-state index in [4.69, 9.17) is 21.1 Å². The van der Waals surface area contributed by atoms with E-state index in [1.807, 2.05) is 13.0 Å². The van der Waals surface area contributed by atoms with Crippen LogP contribution in [0.15, 0.2) is 12.1 Å². The molecule has 1 aromatic carbocycles. The maximum absolute atomic E-state index is 11.9. The van der Waals surface area contributed by atoms with Crippen LogP contribution >= 0.6 is 11.6 Å². The fourth-order valence-corrected chi connectivity index (χ4v) is 2.28. The van der Waals surface area contributed by atoms with Gasteiger partial charge in [-0.3, -0.25) is 4.79 Å². The average Bonchev–Trinajstić information content (AvgIpc) is 3.29. The van der Waals surface area contributed by atoms with E-state index in [2.05, 4.69) is 10.6 Å². The van der Waals surface area contributed by atoms with Crippen molar-refractivity contribution in [3.8, 4) is 11.5 Å². The molecular weight excluding hydrogens is 292 g/mol. The van der Waals surface area contributed by atoms with Crippen molar-refractivity contribution >= 4 is 17.5 Å². The van der Waals surface area contributed by atoms with E-state index in [1.54, 1.807) is 20.3 Å². The van der Waals surface area contributed by atoms with Crippen molar-refractivity contribution in [3.05, 3.63) is 22.7 Å². The molecule has 0 aliphatic heterocycles. The fourth-order valence-electron chi connectivity index (χ4n) is 1.98. The van der Waals surface area contributed by atoms with Crippen LogP contribution in [0.5, 0.6) is 11.5 Å². The highest BCUT2D eigenvalue weighted by Crippen LogP contribution is 2.37. The first-order valence-electron chi connectivity index (χ1n) is 7.00. The van der Waals surface area contributed by atoms with Crippen LogP contribution in [-0.2, 0) is 11.3 Å². The molecular formula is C15H21ClN2O3. The van der Waals surface area contributed by atoms with Crippen LogP contribution in [-0.4, -0.2) is 32.2 Å². The molecule has 2 rings (SSSR count). The Labute approximate surface area is 130 Å². The van der Waals surface area contributed by atoms with Gasteiger partial charge >= 0.3 is 0 Å². The van der Waals surface area contributed by atoms with Gasteiger partial charge in [0.05, 0.1) is 25.3 Å². The molecule has 1 saturated carbocycles. The predicted molar refractivity (Wildman–Crippen MR) is 82.0 cm³/mol. The van der Waals surface area contributed by atoms with E-state index in [0.717, 1.165) is 18.4 Å². The third kappa shape index (κ3) is 4.02. The molecule has 0 bridgehead atoms. The minimum atomic E-state index is -0.269. The second-order valence-corrected chi connectivity index (χ2v) is 5.54. The van der Waals surface area contributed by atoms with Crippen LogP contribution < -0.4 is 20.1 Å². The van der Waals surface area contributed by atoms with Gasteiger partial charge in [0.2, 0.25) is 5.91 Å². The van der Waals surface area contributed by atoms with Crippen LogP contribution in [0.2, 0.25) is 5.02 Å². The Bertz CT molecular complexity index is 518. The average molecular weight is 313 g/mol. The molecule has 0 heterocycles. The van der Waals surface area contributed by atoms with Gasteiger partial charge in [0.15, 0.2) is 11.5 Å². The summed E-state index contributed by atoms with van der Waals surface area (Å²) in [4.78, 5) is 11.9. The number of amides is 1. The SMILES string of the molecule is COc1ccc(CNC(C)C(=O)NC2CC2)c(Cl)c1OC. The van der Waals surface area contributed by atoms with Gasteiger partial charge < -0.3 is 20.1 Å². The summed E-state index contributed by atoms with van der Waals surface area (Å²) < 4.78 is 10.5. The van der Waals surface area contributed by atoms with Gasteiger partial charge in [-0.2, -0.15) is 0 Å². The topological polar surface area (TPSA) is 59.6 Å². The second-order valence-electron chi connectivity index (χ2n) is 5.16. The lowest BCUT2D eigenvalue weighted by Crippen LogP contribution is -2.42. The van der Waals surface area contributed by atoms with Gasteiger partial charge in [-0.05, 0) is 31.4 Å². The fraction of sp³-hybridized carbons (Fsp3) is 0.533. The Morgan fingerprint density at radius 1 is 1.38 bits per heavy atom. The number of nitrogens with one attached hydrogen (secondary N) is 2. The summed E-state index contributed by atoms with van der Waals surface area (Å²) in [5, 5.41) is 6.63. The summed E-state index contributed by atoms with van der Waals surface area (Å²) in [5.41, 5.74) is 0.861. The zero-order valence-corrected chi connectivity index (χ0v) is 13.3. The monoisotopic (exact) mass is 312 g/mol. The third-order valence-electron chi connectivity index (χ3n) is 3.48. The van der Waals surface area contributed by atoms with Crippen LogP contribution in [0.25, 0.3) is 0 Å². The van der Waals surface area contributed by atoms with E-state index in [0.29, 0.717) is 29.1 Å². The molecule has 5 nitrogen and oxygen atoms in total. The van der Waals surface area contributed by atoms with E-state index >= 15 is 0 Å². The third-order valence-corrected chi connectivity index (χ3v) is 3.90. The molecule has 1 aliphatic rings. The van der Waals surface area contributed by atoms with Gasteiger partial charge in [0.1, 0.15) is 0 Å². The van der Waals surface area contributed by atoms with Crippen molar-refractivity contribution in [2.24, 2.45) is 0 Å². The smallest absolute Gasteiger partial charge is 0.237 e. The highest BCUT2D eigenvalue weighted by atomic mass is 35.5. The standard InChI is InChI=1S/C15H21ClN2O3/c1-9(15(19)18-11-5-6-11)17-8-10-4-7-12(20-2)14(21-3)13(10)16/h4,7,9,11,17H,5-6,8H2,1-3H3,(H,18,19). The molecule has 116 valence electrons. The zero-order chi connectivity index (χ0) is 15.4. The minimum absolute atomic E-state index is 0.0223. The summed E-state index contributed by atoms with van der Waals surface area (Å²) in [6, 6.07) is 3.76. The molecule has 1 fully saturated rings. The lowest BCUT2D eigenvalue weighted by atomic mass is 10.2. The second kappa shape index (κ2) is 7.00.